The molecule has 3 aromatic rings. The molecule has 0 aliphatic heterocycles. The highest BCUT2D eigenvalue weighted by Gasteiger charge is 2.20. The number of hydrogen-bond donors (Lipinski definition) is 2. The lowest BCUT2D eigenvalue weighted by Crippen LogP contribution is -2.13. The number of nitrogens with one attached hydrogen (secondary N) is 2. The van der Waals surface area contributed by atoms with Gasteiger partial charge in [-0.15, -0.1) is 0 Å². The number of H-pyrrole nitrogens is 1. The Morgan fingerprint density at radius 3 is 2.39 bits per heavy atom. The van der Waals surface area contributed by atoms with Crippen LogP contribution in [0.2, 0.25) is 5.02 Å². The molecule has 0 saturated heterocycles. The van der Waals surface area contributed by atoms with E-state index < -0.39 is 15.8 Å². The maximum Gasteiger partial charge on any atom is 0.417 e. The lowest BCUT2D eigenvalue weighted by atomic mass is 10.1. The molecule has 1 aromatic heterocycles. The van der Waals surface area contributed by atoms with Gasteiger partial charge >= 0.3 is 5.76 Å². The molecule has 0 fully saturated rings. The lowest BCUT2D eigenvalue weighted by molar-refractivity contribution is 0.554. The zero-order valence-electron chi connectivity index (χ0n) is 12.3. The summed E-state index contributed by atoms with van der Waals surface area (Å²) in [5.74, 6) is -0.673. The quantitative estimate of drug-likeness (QED) is 0.757. The van der Waals surface area contributed by atoms with Crippen LogP contribution in [0.4, 0.5) is 5.69 Å². The van der Waals surface area contributed by atoms with Gasteiger partial charge in [0, 0.05) is 11.8 Å². The average molecular weight is 353 g/mol. The summed E-state index contributed by atoms with van der Waals surface area (Å²) in [7, 11) is -3.92. The van der Waals surface area contributed by atoms with E-state index >= 15 is 0 Å². The van der Waals surface area contributed by atoms with Crippen molar-refractivity contribution >= 4 is 38.4 Å². The van der Waals surface area contributed by atoms with Gasteiger partial charge in [0.1, 0.15) is 4.90 Å². The molecule has 2 aromatic carbocycles. The number of benzene rings is 2. The Morgan fingerprint density at radius 1 is 1.09 bits per heavy atom. The fourth-order valence-electron chi connectivity index (χ4n) is 2.40. The van der Waals surface area contributed by atoms with Crippen LogP contribution in [0.1, 0.15) is 11.1 Å². The molecule has 120 valence electrons. The predicted molar refractivity (Wildman–Crippen MR) is 88.6 cm³/mol. The molecule has 0 amide bonds. The van der Waals surface area contributed by atoms with Gasteiger partial charge in [0.25, 0.3) is 10.0 Å². The summed E-state index contributed by atoms with van der Waals surface area (Å²) >= 11 is 6.04. The van der Waals surface area contributed by atoms with E-state index in [-0.39, 0.29) is 15.5 Å². The van der Waals surface area contributed by atoms with Crippen LogP contribution in [0.5, 0.6) is 0 Å². The van der Waals surface area contributed by atoms with Crippen LogP contribution in [0, 0.1) is 13.8 Å². The summed E-state index contributed by atoms with van der Waals surface area (Å²) in [6.45, 7) is 3.75. The molecule has 0 saturated carbocycles. The fraction of sp³-hybridized carbons (Fsp3) is 0.133. The number of oxazole rings is 1. The average Bonchev–Trinajstić information content (AvgIpc) is 2.74. The molecule has 0 atom stereocenters. The molecule has 1 heterocycles. The third-order valence-electron chi connectivity index (χ3n) is 3.24. The number of halogens is 1. The van der Waals surface area contributed by atoms with Gasteiger partial charge in [-0.05, 0) is 43.2 Å². The Labute approximate surface area is 137 Å². The Kier molecular flexibility index (Phi) is 3.69. The zero-order valence-corrected chi connectivity index (χ0v) is 13.9. The third kappa shape index (κ3) is 3.11. The topological polar surface area (TPSA) is 92.2 Å². The van der Waals surface area contributed by atoms with Crippen LogP contribution in [0.25, 0.3) is 11.1 Å². The number of hydrogen-bond acceptors (Lipinski definition) is 4. The van der Waals surface area contributed by atoms with Gasteiger partial charge in [-0.2, -0.15) is 0 Å². The highest BCUT2D eigenvalue weighted by Crippen LogP contribution is 2.28. The van der Waals surface area contributed by atoms with Crippen LogP contribution in [0.15, 0.2) is 44.4 Å². The minimum atomic E-state index is -3.92. The number of fused-ring (bicyclic) bond motifs is 1. The highest BCUT2D eigenvalue weighted by atomic mass is 35.5. The maximum atomic E-state index is 12.6. The van der Waals surface area contributed by atoms with E-state index in [4.69, 9.17) is 16.0 Å². The van der Waals surface area contributed by atoms with Crippen molar-refractivity contribution < 1.29 is 12.8 Å². The molecule has 6 nitrogen and oxygen atoms in total. The van der Waals surface area contributed by atoms with Gasteiger partial charge in [0.15, 0.2) is 5.58 Å². The van der Waals surface area contributed by atoms with Gasteiger partial charge < -0.3 is 4.42 Å². The summed E-state index contributed by atoms with van der Waals surface area (Å²) in [5, 5.41) is -0.00794. The van der Waals surface area contributed by atoms with Gasteiger partial charge in [-0.25, -0.2) is 13.2 Å². The molecule has 23 heavy (non-hydrogen) atoms. The number of aromatic amines is 1. The molecule has 0 radical (unpaired) electrons. The second-order valence-electron chi connectivity index (χ2n) is 5.28. The number of rotatable bonds is 3. The van der Waals surface area contributed by atoms with Gasteiger partial charge in [-0.3, -0.25) is 9.71 Å². The SMILES string of the molecule is Cc1cc(C)cc(NS(=O)(=O)c2cc3oc(=O)[nH]c3cc2Cl)c1. The van der Waals surface area contributed by atoms with Crippen LogP contribution in [-0.2, 0) is 10.0 Å². The normalized spacial score (nSPS) is 11.8. The Morgan fingerprint density at radius 2 is 1.74 bits per heavy atom. The summed E-state index contributed by atoms with van der Waals surface area (Å²) in [6.07, 6.45) is 0. The van der Waals surface area contributed by atoms with Crippen LogP contribution in [-0.4, -0.2) is 13.4 Å². The van der Waals surface area contributed by atoms with Crippen molar-refractivity contribution in [1.29, 1.82) is 0 Å². The van der Waals surface area contributed by atoms with Gasteiger partial charge in [-0.1, -0.05) is 17.7 Å². The number of anilines is 1. The molecule has 8 heteroatoms. The van der Waals surface area contributed by atoms with E-state index in [1.807, 2.05) is 19.9 Å². The molecule has 3 rings (SSSR count). The molecule has 0 aliphatic rings. The van der Waals surface area contributed by atoms with E-state index in [9.17, 15) is 13.2 Å². The summed E-state index contributed by atoms with van der Waals surface area (Å²) in [5.41, 5.74) is 2.77. The first-order valence-electron chi connectivity index (χ1n) is 6.68. The molecule has 0 bridgehead atoms. The molecular formula is C15H13ClN2O4S. The first-order valence-corrected chi connectivity index (χ1v) is 8.54. The monoisotopic (exact) mass is 352 g/mol. The smallest absolute Gasteiger partial charge is 0.408 e. The van der Waals surface area contributed by atoms with Crippen molar-refractivity contribution in [1.82, 2.24) is 4.98 Å². The Hall–Kier alpha value is -2.25. The van der Waals surface area contributed by atoms with Crippen molar-refractivity contribution in [2.45, 2.75) is 18.7 Å². The second kappa shape index (κ2) is 5.43. The molecule has 0 unspecified atom stereocenters. The van der Waals surface area contributed by atoms with Crippen molar-refractivity contribution in [3.8, 4) is 0 Å². The number of aromatic nitrogens is 1. The third-order valence-corrected chi connectivity index (χ3v) is 5.08. The fourth-order valence-corrected chi connectivity index (χ4v) is 3.99. The molecule has 0 spiro atoms. The van der Waals surface area contributed by atoms with Crippen LogP contribution < -0.4 is 10.5 Å². The van der Waals surface area contributed by atoms with E-state index in [0.717, 1.165) is 11.1 Å². The van der Waals surface area contributed by atoms with Gasteiger partial charge in [0.2, 0.25) is 0 Å². The van der Waals surface area contributed by atoms with Crippen molar-refractivity contribution in [3.05, 3.63) is 57.0 Å². The van der Waals surface area contributed by atoms with Crippen molar-refractivity contribution in [2.75, 3.05) is 4.72 Å². The van der Waals surface area contributed by atoms with Gasteiger partial charge in [0.05, 0.1) is 10.5 Å². The first kappa shape index (κ1) is 15.6. The van der Waals surface area contributed by atoms with E-state index in [2.05, 4.69) is 9.71 Å². The standard InChI is InChI=1S/C15H13ClN2O4S/c1-8-3-9(2)5-10(4-8)18-23(20,21)14-7-13-12(6-11(14)16)17-15(19)22-13/h3-7,18H,1-2H3,(H,17,19). The highest BCUT2D eigenvalue weighted by molar-refractivity contribution is 7.92. The number of aryl methyl sites for hydroxylation is 2. The van der Waals surface area contributed by atoms with E-state index in [1.54, 1.807) is 12.1 Å². The summed E-state index contributed by atoms with van der Waals surface area (Å²) in [4.78, 5) is 13.5. The summed E-state index contributed by atoms with van der Waals surface area (Å²) < 4.78 is 32.5. The summed E-state index contributed by atoms with van der Waals surface area (Å²) in [6, 6.07) is 7.94. The minimum absolute atomic E-state index is 0.00794. The largest absolute Gasteiger partial charge is 0.417 e. The van der Waals surface area contributed by atoms with Crippen LogP contribution in [0.3, 0.4) is 0 Å². The molecule has 0 aliphatic carbocycles. The number of sulfonamides is 1. The van der Waals surface area contributed by atoms with Crippen LogP contribution >= 0.6 is 11.6 Å². The molecular weight excluding hydrogens is 340 g/mol. The van der Waals surface area contributed by atoms with Crippen molar-refractivity contribution in [3.63, 3.8) is 0 Å². The predicted octanol–water partition coefficient (Wildman–Crippen LogP) is 3.19. The second-order valence-corrected chi connectivity index (χ2v) is 7.33. The van der Waals surface area contributed by atoms with E-state index in [0.29, 0.717) is 11.2 Å². The van der Waals surface area contributed by atoms with Crippen molar-refractivity contribution in [2.24, 2.45) is 0 Å². The first-order chi connectivity index (χ1) is 10.7. The maximum absolute atomic E-state index is 12.6. The molecule has 2 N–H and O–H groups in total. The zero-order chi connectivity index (χ0) is 16.8. The minimum Gasteiger partial charge on any atom is -0.408 e. The van der Waals surface area contributed by atoms with E-state index in [1.165, 1.54) is 12.1 Å². The lowest BCUT2D eigenvalue weighted by Gasteiger charge is -2.11. The Bertz CT molecular complexity index is 1050. The Balaban J connectivity index is 2.08.